The Bertz CT molecular complexity index is 381. The Kier molecular flexibility index (Phi) is 4.54. The molecule has 2 rings (SSSR count). The van der Waals surface area contributed by atoms with Crippen molar-refractivity contribution < 1.29 is 9.47 Å². The average molecular weight is 230 g/mol. The monoisotopic (exact) mass is 230 g/mol. The zero-order valence-corrected chi connectivity index (χ0v) is 10.1. The van der Waals surface area contributed by atoms with Crippen LogP contribution in [0.25, 0.3) is 6.08 Å². The van der Waals surface area contributed by atoms with Crippen LogP contribution >= 0.6 is 0 Å². The van der Waals surface area contributed by atoms with E-state index in [1.807, 2.05) is 25.1 Å². The minimum Gasteiger partial charge on any atom is -0.353 e. The van der Waals surface area contributed by atoms with E-state index >= 15 is 0 Å². The van der Waals surface area contributed by atoms with Crippen molar-refractivity contribution in [2.24, 2.45) is 0 Å². The van der Waals surface area contributed by atoms with Gasteiger partial charge in [0.25, 0.3) is 0 Å². The maximum atomic E-state index is 5.75. The zero-order valence-electron chi connectivity index (χ0n) is 10.1. The molecule has 0 fully saturated rings. The van der Waals surface area contributed by atoms with Gasteiger partial charge in [0.05, 0.1) is 6.10 Å². The van der Waals surface area contributed by atoms with Gasteiger partial charge in [0.1, 0.15) is 0 Å². The molecule has 0 amide bonds. The number of hydrogen-bond donors (Lipinski definition) is 0. The standard InChI is InChI=1S/C15H18O2/c1-2-16-15-10-6-9-14(17-15)12-11-13-7-4-3-5-8-13/h3-9,11-12,14-15H,2,10H2,1H3/b12-11+/t14-,15+/m0/s1. The fourth-order valence-electron chi connectivity index (χ4n) is 1.77. The largest absolute Gasteiger partial charge is 0.353 e. The lowest BCUT2D eigenvalue weighted by molar-refractivity contribution is -0.150. The molecular formula is C15H18O2. The molecule has 0 N–H and O–H groups in total. The molecule has 0 aliphatic carbocycles. The normalized spacial score (nSPS) is 24.3. The van der Waals surface area contributed by atoms with Crippen LogP contribution in [-0.4, -0.2) is 19.0 Å². The number of hydrogen-bond acceptors (Lipinski definition) is 2. The summed E-state index contributed by atoms with van der Waals surface area (Å²) in [5, 5.41) is 0. The average Bonchev–Trinajstić information content (AvgIpc) is 2.39. The maximum Gasteiger partial charge on any atom is 0.162 e. The van der Waals surface area contributed by atoms with Crippen LogP contribution in [0.3, 0.4) is 0 Å². The summed E-state index contributed by atoms with van der Waals surface area (Å²) in [4.78, 5) is 0. The Morgan fingerprint density at radius 1 is 1.35 bits per heavy atom. The third-order valence-corrected chi connectivity index (χ3v) is 2.59. The number of benzene rings is 1. The molecular weight excluding hydrogens is 212 g/mol. The molecule has 1 aromatic carbocycles. The van der Waals surface area contributed by atoms with Crippen molar-refractivity contribution >= 4 is 6.08 Å². The minimum absolute atomic E-state index is 0.0144. The molecule has 2 atom stereocenters. The van der Waals surface area contributed by atoms with Crippen LogP contribution in [0.2, 0.25) is 0 Å². The fraction of sp³-hybridized carbons (Fsp3) is 0.333. The van der Waals surface area contributed by atoms with E-state index in [0.29, 0.717) is 6.61 Å². The van der Waals surface area contributed by atoms with Crippen LogP contribution in [0.5, 0.6) is 0 Å². The summed E-state index contributed by atoms with van der Waals surface area (Å²) >= 11 is 0. The van der Waals surface area contributed by atoms with Gasteiger partial charge in [-0.3, -0.25) is 0 Å². The second kappa shape index (κ2) is 6.38. The van der Waals surface area contributed by atoms with Gasteiger partial charge in [0.15, 0.2) is 6.29 Å². The predicted octanol–water partition coefficient (Wildman–Crippen LogP) is 3.41. The predicted molar refractivity (Wildman–Crippen MR) is 69.5 cm³/mol. The van der Waals surface area contributed by atoms with Crippen LogP contribution in [-0.2, 0) is 9.47 Å². The highest BCUT2D eigenvalue weighted by molar-refractivity contribution is 5.49. The molecule has 0 bridgehead atoms. The van der Waals surface area contributed by atoms with Gasteiger partial charge in [0.2, 0.25) is 0 Å². The topological polar surface area (TPSA) is 18.5 Å². The first-order valence-corrected chi connectivity index (χ1v) is 6.05. The molecule has 1 aliphatic heterocycles. The third kappa shape index (κ3) is 3.84. The SMILES string of the molecule is CCO[C@H]1CC=C[C@@H](/C=C/c2ccccc2)O1. The van der Waals surface area contributed by atoms with Crippen LogP contribution < -0.4 is 0 Å². The Morgan fingerprint density at radius 3 is 2.94 bits per heavy atom. The molecule has 1 heterocycles. The number of rotatable bonds is 4. The van der Waals surface area contributed by atoms with Gasteiger partial charge in [-0.2, -0.15) is 0 Å². The Morgan fingerprint density at radius 2 is 2.18 bits per heavy atom. The molecule has 1 aromatic rings. The molecule has 2 heteroatoms. The van der Waals surface area contributed by atoms with Crippen molar-refractivity contribution in [2.75, 3.05) is 6.61 Å². The highest BCUT2D eigenvalue weighted by Gasteiger charge is 2.15. The summed E-state index contributed by atoms with van der Waals surface area (Å²) in [6.45, 7) is 2.67. The summed E-state index contributed by atoms with van der Waals surface area (Å²) in [7, 11) is 0. The minimum atomic E-state index is -0.101. The Hall–Kier alpha value is -1.38. The summed E-state index contributed by atoms with van der Waals surface area (Å²) < 4.78 is 11.2. The molecule has 17 heavy (non-hydrogen) atoms. The van der Waals surface area contributed by atoms with Crippen LogP contribution in [0.1, 0.15) is 18.9 Å². The van der Waals surface area contributed by atoms with Crippen molar-refractivity contribution in [1.29, 1.82) is 0 Å². The lowest BCUT2D eigenvalue weighted by Gasteiger charge is -2.23. The van der Waals surface area contributed by atoms with E-state index in [0.717, 1.165) is 6.42 Å². The fourth-order valence-corrected chi connectivity index (χ4v) is 1.77. The molecule has 0 aromatic heterocycles. The van der Waals surface area contributed by atoms with Gasteiger partial charge >= 0.3 is 0 Å². The van der Waals surface area contributed by atoms with Crippen molar-refractivity contribution in [2.45, 2.75) is 25.7 Å². The highest BCUT2D eigenvalue weighted by atomic mass is 16.7. The van der Waals surface area contributed by atoms with E-state index in [1.54, 1.807) is 0 Å². The summed E-state index contributed by atoms with van der Waals surface area (Å²) in [6, 6.07) is 10.2. The van der Waals surface area contributed by atoms with Gasteiger partial charge in [-0.25, -0.2) is 0 Å². The van der Waals surface area contributed by atoms with Gasteiger partial charge in [0, 0.05) is 13.0 Å². The van der Waals surface area contributed by atoms with Crippen LogP contribution in [0.15, 0.2) is 48.6 Å². The highest BCUT2D eigenvalue weighted by Crippen LogP contribution is 2.15. The van der Waals surface area contributed by atoms with Crippen LogP contribution in [0.4, 0.5) is 0 Å². The van der Waals surface area contributed by atoms with Crippen molar-refractivity contribution in [3.8, 4) is 0 Å². The summed E-state index contributed by atoms with van der Waals surface area (Å²) in [6.07, 6.45) is 9.05. The number of ether oxygens (including phenoxy) is 2. The maximum absolute atomic E-state index is 5.75. The van der Waals surface area contributed by atoms with E-state index in [2.05, 4.69) is 36.4 Å². The molecule has 1 aliphatic rings. The summed E-state index contributed by atoms with van der Waals surface area (Å²) in [5.74, 6) is 0. The van der Waals surface area contributed by atoms with E-state index in [1.165, 1.54) is 5.56 Å². The van der Waals surface area contributed by atoms with Crippen LogP contribution in [0, 0.1) is 0 Å². The first-order valence-electron chi connectivity index (χ1n) is 6.05. The molecule has 2 nitrogen and oxygen atoms in total. The van der Waals surface area contributed by atoms with E-state index in [4.69, 9.17) is 9.47 Å². The smallest absolute Gasteiger partial charge is 0.162 e. The second-order valence-corrected chi connectivity index (χ2v) is 3.92. The molecule has 0 spiro atoms. The quantitative estimate of drug-likeness (QED) is 0.738. The molecule has 0 radical (unpaired) electrons. The van der Waals surface area contributed by atoms with Gasteiger partial charge in [-0.1, -0.05) is 54.6 Å². The lowest BCUT2D eigenvalue weighted by atomic mass is 10.1. The molecule has 0 saturated heterocycles. The van der Waals surface area contributed by atoms with E-state index in [-0.39, 0.29) is 12.4 Å². The zero-order chi connectivity index (χ0) is 11.9. The Labute approximate surface area is 103 Å². The first kappa shape index (κ1) is 12.1. The third-order valence-electron chi connectivity index (χ3n) is 2.59. The molecule has 0 saturated carbocycles. The van der Waals surface area contributed by atoms with Crippen molar-refractivity contribution in [1.82, 2.24) is 0 Å². The summed E-state index contributed by atoms with van der Waals surface area (Å²) in [5.41, 5.74) is 1.18. The molecule has 90 valence electrons. The van der Waals surface area contributed by atoms with E-state index in [9.17, 15) is 0 Å². The van der Waals surface area contributed by atoms with Crippen molar-refractivity contribution in [3.05, 3.63) is 54.1 Å². The van der Waals surface area contributed by atoms with Crippen molar-refractivity contribution in [3.63, 3.8) is 0 Å². The van der Waals surface area contributed by atoms with Gasteiger partial charge < -0.3 is 9.47 Å². The van der Waals surface area contributed by atoms with Gasteiger partial charge in [-0.05, 0) is 12.5 Å². The second-order valence-electron chi connectivity index (χ2n) is 3.92. The van der Waals surface area contributed by atoms with Gasteiger partial charge in [-0.15, -0.1) is 0 Å². The molecule has 0 unspecified atom stereocenters. The lowest BCUT2D eigenvalue weighted by Crippen LogP contribution is -2.25. The van der Waals surface area contributed by atoms with E-state index < -0.39 is 0 Å². The Balaban J connectivity index is 1.93. The first-order chi connectivity index (χ1) is 8.38.